The first-order valence-electron chi connectivity index (χ1n) is 9.49. The van der Waals surface area contributed by atoms with Crippen molar-refractivity contribution in [3.05, 3.63) is 29.8 Å². The molecule has 0 saturated carbocycles. The standard InChI is InChI=1S/C20H30N2O3/c1-3-24-18-6-4-5-17(13-18)14-19-7-8-20(25-19)15-21-9-11-22(12-10-21)16(2)23/h4-6,13,19-20H,3,7-12,14-15H2,1-2H3/t19-,20+/m0/s1. The lowest BCUT2D eigenvalue weighted by Crippen LogP contribution is -2.49. The molecule has 1 amide bonds. The zero-order valence-corrected chi connectivity index (χ0v) is 15.4. The Morgan fingerprint density at radius 1 is 1.20 bits per heavy atom. The Balaban J connectivity index is 1.43. The van der Waals surface area contributed by atoms with Gasteiger partial charge in [0.25, 0.3) is 0 Å². The highest BCUT2D eigenvalue weighted by molar-refractivity contribution is 5.73. The molecule has 3 rings (SSSR count). The molecule has 0 spiro atoms. The molecule has 0 unspecified atom stereocenters. The second-order valence-electron chi connectivity index (χ2n) is 7.05. The molecule has 2 atom stereocenters. The number of hydrogen-bond donors (Lipinski definition) is 0. The largest absolute Gasteiger partial charge is 0.494 e. The zero-order chi connectivity index (χ0) is 17.6. The predicted molar refractivity (Wildman–Crippen MR) is 97.9 cm³/mol. The topological polar surface area (TPSA) is 42.0 Å². The summed E-state index contributed by atoms with van der Waals surface area (Å²) in [5.41, 5.74) is 1.28. The molecule has 2 heterocycles. The van der Waals surface area contributed by atoms with E-state index in [2.05, 4.69) is 23.1 Å². The minimum absolute atomic E-state index is 0.186. The monoisotopic (exact) mass is 346 g/mol. The third-order valence-corrected chi connectivity index (χ3v) is 5.15. The van der Waals surface area contributed by atoms with Crippen molar-refractivity contribution >= 4 is 5.91 Å². The summed E-state index contributed by atoms with van der Waals surface area (Å²) in [7, 11) is 0. The maximum absolute atomic E-state index is 11.4. The highest BCUT2D eigenvalue weighted by Crippen LogP contribution is 2.25. The number of ether oxygens (including phenoxy) is 2. The van der Waals surface area contributed by atoms with E-state index in [1.54, 1.807) is 6.92 Å². The SMILES string of the molecule is CCOc1cccc(C[C@@H]2CC[C@H](CN3CCN(C(C)=O)CC3)O2)c1. The van der Waals surface area contributed by atoms with Gasteiger partial charge >= 0.3 is 0 Å². The minimum Gasteiger partial charge on any atom is -0.494 e. The van der Waals surface area contributed by atoms with Crippen molar-refractivity contribution in [2.45, 2.75) is 45.3 Å². The average Bonchev–Trinajstić information content (AvgIpc) is 3.03. The molecular formula is C20H30N2O3. The summed E-state index contributed by atoms with van der Waals surface area (Å²) in [6.07, 6.45) is 3.83. The first kappa shape index (κ1) is 18.2. The van der Waals surface area contributed by atoms with E-state index in [0.717, 1.165) is 57.7 Å². The van der Waals surface area contributed by atoms with Crippen molar-refractivity contribution in [3.8, 4) is 5.75 Å². The van der Waals surface area contributed by atoms with E-state index < -0.39 is 0 Å². The van der Waals surface area contributed by atoms with E-state index in [-0.39, 0.29) is 5.91 Å². The van der Waals surface area contributed by atoms with E-state index in [1.165, 1.54) is 5.56 Å². The average molecular weight is 346 g/mol. The van der Waals surface area contributed by atoms with Crippen molar-refractivity contribution in [2.75, 3.05) is 39.3 Å². The van der Waals surface area contributed by atoms with Crippen LogP contribution in [-0.2, 0) is 16.0 Å². The Morgan fingerprint density at radius 3 is 2.68 bits per heavy atom. The van der Waals surface area contributed by atoms with Gasteiger partial charge in [0.2, 0.25) is 5.91 Å². The van der Waals surface area contributed by atoms with Gasteiger partial charge in [0.15, 0.2) is 0 Å². The van der Waals surface area contributed by atoms with Crippen LogP contribution in [-0.4, -0.2) is 67.2 Å². The predicted octanol–water partition coefficient (Wildman–Crippen LogP) is 2.34. The van der Waals surface area contributed by atoms with Gasteiger partial charge in [0.05, 0.1) is 18.8 Å². The summed E-state index contributed by atoms with van der Waals surface area (Å²) < 4.78 is 11.9. The van der Waals surface area contributed by atoms with Crippen LogP contribution >= 0.6 is 0 Å². The summed E-state index contributed by atoms with van der Waals surface area (Å²) in [6.45, 7) is 8.95. The van der Waals surface area contributed by atoms with Gasteiger partial charge in [-0.3, -0.25) is 9.69 Å². The molecule has 2 fully saturated rings. The van der Waals surface area contributed by atoms with Gasteiger partial charge in [-0.05, 0) is 43.9 Å². The Kier molecular flexibility index (Phi) is 6.32. The van der Waals surface area contributed by atoms with E-state index in [1.807, 2.05) is 17.9 Å². The van der Waals surface area contributed by atoms with Crippen LogP contribution in [0.25, 0.3) is 0 Å². The number of nitrogens with zero attached hydrogens (tertiary/aromatic N) is 2. The first-order valence-corrected chi connectivity index (χ1v) is 9.49. The Morgan fingerprint density at radius 2 is 1.96 bits per heavy atom. The van der Waals surface area contributed by atoms with Gasteiger partial charge in [-0.1, -0.05) is 12.1 Å². The number of hydrogen-bond acceptors (Lipinski definition) is 4. The highest BCUT2D eigenvalue weighted by Gasteiger charge is 2.28. The summed E-state index contributed by atoms with van der Waals surface area (Å²) in [6, 6.07) is 8.34. The molecule has 0 radical (unpaired) electrons. The molecule has 5 heteroatoms. The van der Waals surface area contributed by atoms with Crippen LogP contribution < -0.4 is 4.74 Å². The number of carbonyl (C=O) groups is 1. The quantitative estimate of drug-likeness (QED) is 0.793. The van der Waals surface area contributed by atoms with Crippen LogP contribution in [0.4, 0.5) is 0 Å². The van der Waals surface area contributed by atoms with Crippen LogP contribution in [0.15, 0.2) is 24.3 Å². The lowest BCUT2D eigenvalue weighted by atomic mass is 10.1. The van der Waals surface area contributed by atoms with Crippen LogP contribution in [0.2, 0.25) is 0 Å². The van der Waals surface area contributed by atoms with E-state index in [0.29, 0.717) is 18.8 Å². The maximum atomic E-state index is 11.4. The molecule has 25 heavy (non-hydrogen) atoms. The summed E-state index contributed by atoms with van der Waals surface area (Å²) in [4.78, 5) is 15.8. The van der Waals surface area contributed by atoms with Gasteiger partial charge in [0.1, 0.15) is 5.75 Å². The molecule has 2 aliphatic heterocycles. The molecule has 0 aromatic heterocycles. The summed E-state index contributed by atoms with van der Waals surface area (Å²) in [5, 5.41) is 0. The lowest BCUT2D eigenvalue weighted by Gasteiger charge is -2.35. The normalized spacial score (nSPS) is 24.5. The number of rotatable bonds is 6. The van der Waals surface area contributed by atoms with Crippen molar-refractivity contribution in [2.24, 2.45) is 0 Å². The zero-order valence-electron chi connectivity index (χ0n) is 15.4. The van der Waals surface area contributed by atoms with Crippen molar-refractivity contribution in [1.82, 2.24) is 9.80 Å². The first-order chi connectivity index (χ1) is 12.1. The van der Waals surface area contributed by atoms with Gasteiger partial charge in [0, 0.05) is 39.6 Å². The van der Waals surface area contributed by atoms with Gasteiger partial charge in [-0.25, -0.2) is 0 Å². The molecule has 0 aliphatic carbocycles. The Hall–Kier alpha value is -1.59. The fourth-order valence-corrected chi connectivity index (χ4v) is 3.79. The highest BCUT2D eigenvalue weighted by atomic mass is 16.5. The third kappa shape index (κ3) is 5.19. The molecule has 138 valence electrons. The Labute approximate surface area is 150 Å². The molecule has 0 bridgehead atoms. The fourth-order valence-electron chi connectivity index (χ4n) is 3.79. The molecule has 2 aliphatic rings. The smallest absolute Gasteiger partial charge is 0.219 e. The maximum Gasteiger partial charge on any atom is 0.219 e. The molecule has 2 saturated heterocycles. The van der Waals surface area contributed by atoms with E-state index in [4.69, 9.17) is 9.47 Å². The second-order valence-corrected chi connectivity index (χ2v) is 7.05. The molecule has 5 nitrogen and oxygen atoms in total. The van der Waals surface area contributed by atoms with Crippen LogP contribution in [0.5, 0.6) is 5.75 Å². The van der Waals surface area contributed by atoms with Crippen molar-refractivity contribution in [3.63, 3.8) is 0 Å². The van der Waals surface area contributed by atoms with Crippen molar-refractivity contribution in [1.29, 1.82) is 0 Å². The van der Waals surface area contributed by atoms with E-state index in [9.17, 15) is 4.79 Å². The van der Waals surface area contributed by atoms with Crippen LogP contribution in [0, 0.1) is 0 Å². The van der Waals surface area contributed by atoms with Gasteiger partial charge < -0.3 is 14.4 Å². The molecular weight excluding hydrogens is 316 g/mol. The third-order valence-electron chi connectivity index (χ3n) is 5.15. The van der Waals surface area contributed by atoms with Gasteiger partial charge in [-0.2, -0.15) is 0 Å². The summed E-state index contributed by atoms with van der Waals surface area (Å²) in [5.74, 6) is 1.13. The number of piperazine rings is 1. The number of benzene rings is 1. The lowest BCUT2D eigenvalue weighted by molar-refractivity contribution is -0.130. The van der Waals surface area contributed by atoms with E-state index >= 15 is 0 Å². The van der Waals surface area contributed by atoms with Crippen molar-refractivity contribution < 1.29 is 14.3 Å². The molecule has 0 N–H and O–H groups in total. The van der Waals surface area contributed by atoms with Crippen LogP contribution in [0.1, 0.15) is 32.3 Å². The number of amides is 1. The fraction of sp³-hybridized carbons (Fsp3) is 0.650. The molecule has 1 aromatic carbocycles. The minimum atomic E-state index is 0.186. The molecule has 1 aromatic rings. The Bertz CT molecular complexity index is 570. The van der Waals surface area contributed by atoms with Crippen LogP contribution in [0.3, 0.4) is 0 Å². The number of carbonyl (C=O) groups excluding carboxylic acids is 1. The summed E-state index contributed by atoms with van der Waals surface area (Å²) >= 11 is 0. The second kappa shape index (κ2) is 8.68. The van der Waals surface area contributed by atoms with Gasteiger partial charge in [-0.15, -0.1) is 0 Å².